The van der Waals surface area contributed by atoms with Gasteiger partial charge in [0.1, 0.15) is 0 Å². The smallest absolute Gasteiger partial charge is 0.233 e. The van der Waals surface area contributed by atoms with Crippen LogP contribution in [0.15, 0.2) is 4.42 Å². The van der Waals surface area contributed by atoms with Crippen molar-refractivity contribution in [3.05, 3.63) is 11.8 Å². The van der Waals surface area contributed by atoms with Crippen molar-refractivity contribution in [3.63, 3.8) is 0 Å². The topological polar surface area (TPSA) is 71.3 Å². The molecule has 6 heteroatoms. The number of hydrogen-bond donors (Lipinski definition) is 1. The van der Waals surface area contributed by atoms with Gasteiger partial charge in [-0.05, 0) is 38.5 Å². The van der Waals surface area contributed by atoms with E-state index >= 15 is 0 Å². The lowest BCUT2D eigenvalue weighted by Gasteiger charge is -2.35. The first-order valence-electron chi connectivity index (χ1n) is 10.4. The average molecular weight is 363 g/mol. The Balaban J connectivity index is 1.45. The summed E-state index contributed by atoms with van der Waals surface area (Å²) in [5.41, 5.74) is 0. The highest BCUT2D eigenvalue weighted by Crippen LogP contribution is 2.26. The normalized spacial score (nSPS) is 21.8. The molecule has 1 saturated heterocycles. The fourth-order valence-electron chi connectivity index (χ4n) is 4.14. The van der Waals surface area contributed by atoms with E-state index in [1.165, 1.54) is 19.3 Å². The SMILES string of the molecule is CC(C)Cc1nnc(C(C)N2CCC(NC(=O)C3CCCCC3)CC2)o1. The van der Waals surface area contributed by atoms with Gasteiger partial charge in [-0.25, -0.2) is 0 Å². The summed E-state index contributed by atoms with van der Waals surface area (Å²) in [5, 5.41) is 11.7. The fourth-order valence-corrected chi connectivity index (χ4v) is 4.14. The largest absolute Gasteiger partial charge is 0.424 e. The second-order valence-corrected chi connectivity index (χ2v) is 8.46. The van der Waals surface area contributed by atoms with Crippen molar-refractivity contribution in [1.82, 2.24) is 20.4 Å². The van der Waals surface area contributed by atoms with Crippen molar-refractivity contribution in [2.75, 3.05) is 13.1 Å². The Bertz CT molecular complexity index is 572. The first-order valence-corrected chi connectivity index (χ1v) is 10.4. The predicted molar refractivity (Wildman–Crippen MR) is 101 cm³/mol. The Labute approximate surface area is 157 Å². The summed E-state index contributed by atoms with van der Waals surface area (Å²) in [6.45, 7) is 8.35. The van der Waals surface area contributed by atoms with Gasteiger partial charge in [0.05, 0.1) is 6.04 Å². The molecule has 2 fully saturated rings. The third-order valence-corrected chi connectivity index (χ3v) is 5.82. The molecule has 1 atom stereocenters. The number of aromatic nitrogens is 2. The molecule has 1 aromatic rings. The highest BCUT2D eigenvalue weighted by molar-refractivity contribution is 5.79. The van der Waals surface area contributed by atoms with Crippen molar-refractivity contribution in [1.29, 1.82) is 0 Å². The van der Waals surface area contributed by atoms with Gasteiger partial charge in [0.25, 0.3) is 0 Å². The summed E-state index contributed by atoms with van der Waals surface area (Å²) in [6.07, 6.45) is 8.65. The maximum atomic E-state index is 12.4. The first kappa shape index (κ1) is 19.3. The lowest BCUT2D eigenvalue weighted by molar-refractivity contribution is -0.127. The molecule has 0 radical (unpaired) electrons. The van der Waals surface area contributed by atoms with Crippen LogP contribution in [-0.4, -0.2) is 40.1 Å². The maximum Gasteiger partial charge on any atom is 0.233 e. The number of hydrogen-bond acceptors (Lipinski definition) is 5. The number of carbonyl (C=O) groups is 1. The van der Waals surface area contributed by atoms with Gasteiger partial charge in [-0.15, -0.1) is 10.2 Å². The van der Waals surface area contributed by atoms with Gasteiger partial charge in [0.15, 0.2) is 0 Å². The zero-order chi connectivity index (χ0) is 18.5. The average Bonchev–Trinajstić information content (AvgIpc) is 3.10. The van der Waals surface area contributed by atoms with Crippen LogP contribution in [0.4, 0.5) is 0 Å². The molecule has 146 valence electrons. The van der Waals surface area contributed by atoms with Crippen molar-refractivity contribution in [2.45, 2.75) is 84.2 Å². The molecule has 3 rings (SSSR count). The minimum absolute atomic E-state index is 0.137. The lowest BCUT2D eigenvalue weighted by Crippen LogP contribution is -2.47. The highest BCUT2D eigenvalue weighted by atomic mass is 16.4. The molecule has 1 saturated carbocycles. The Morgan fingerprint density at radius 1 is 1.12 bits per heavy atom. The summed E-state index contributed by atoms with van der Waals surface area (Å²) in [5.74, 6) is 2.49. The summed E-state index contributed by atoms with van der Waals surface area (Å²) < 4.78 is 5.85. The van der Waals surface area contributed by atoms with Crippen LogP contribution in [0, 0.1) is 11.8 Å². The fraction of sp³-hybridized carbons (Fsp3) is 0.850. The van der Waals surface area contributed by atoms with Crippen LogP contribution in [0.3, 0.4) is 0 Å². The first-order chi connectivity index (χ1) is 12.5. The van der Waals surface area contributed by atoms with E-state index in [1.807, 2.05) is 0 Å². The van der Waals surface area contributed by atoms with Crippen molar-refractivity contribution < 1.29 is 9.21 Å². The molecule has 0 aromatic carbocycles. The standard InChI is InChI=1S/C20H34N4O2/c1-14(2)13-18-22-23-20(26-18)15(3)24-11-9-17(10-12-24)21-19(25)16-7-5-4-6-8-16/h14-17H,4-13H2,1-3H3,(H,21,25). The van der Waals surface area contributed by atoms with Crippen LogP contribution >= 0.6 is 0 Å². The van der Waals surface area contributed by atoms with E-state index in [0.29, 0.717) is 17.9 Å². The van der Waals surface area contributed by atoms with E-state index in [-0.39, 0.29) is 17.9 Å². The third kappa shape index (κ3) is 5.06. The Morgan fingerprint density at radius 3 is 2.46 bits per heavy atom. The number of piperidine rings is 1. The molecule has 0 spiro atoms. The summed E-state index contributed by atoms with van der Waals surface area (Å²) >= 11 is 0. The number of likely N-dealkylation sites (tertiary alicyclic amines) is 1. The minimum atomic E-state index is 0.137. The molecular formula is C20H34N4O2. The molecule has 1 aliphatic heterocycles. The molecular weight excluding hydrogens is 328 g/mol. The van der Waals surface area contributed by atoms with Gasteiger partial charge < -0.3 is 9.73 Å². The number of amides is 1. The molecule has 1 amide bonds. The molecule has 6 nitrogen and oxygen atoms in total. The third-order valence-electron chi connectivity index (χ3n) is 5.82. The van der Waals surface area contributed by atoms with Gasteiger partial charge in [0, 0.05) is 31.5 Å². The molecule has 1 N–H and O–H groups in total. The predicted octanol–water partition coefficient (Wildman–Crippen LogP) is 3.49. The second kappa shape index (κ2) is 8.98. The molecule has 1 unspecified atom stereocenters. The molecule has 2 aliphatic rings. The number of nitrogens with zero attached hydrogens (tertiary/aromatic N) is 3. The van der Waals surface area contributed by atoms with Gasteiger partial charge >= 0.3 is 0 Å². The molecule has 2 heterocycles. The molecule has 1 aliphatic carbocycles. The van der Waals surface area contributed by atoms with Crippen LogP contribution < -0.4 is 5.32 Å². The highest BCUT2D eigenvalue weighted by Gasteiger charge is 2.29. The minimum Gasteiger partial charge on any atom is -0.424 e. The number of rotatable bonds is 6. The van der Waals surface area contributed by atoms with Crippen LogP contribution in [-0.2, 0) is 11.2 Å². The Morgan fingerprint density at radius 2 is 1.81 bits per heavy atom. The summed E-state index contributed by atoms with van der Waals surface area (Å²) in [4.78, 5) is 14.8. The van der Waals surface area contributed by atoms with E-state index in [1.54, 1.807) is 0 Å². The second-order valence-electron chi connectivity index (χ2n) is 8.46. The van der Waals surface area contributed by atoms with E-state index in [4.69, 9.17) is 4.42 Å². The van der Waals surface area contributed by atoms with Crippen molar-refractivity contribution in [3.8, 4) is 0 Å². The summed E-state index contributed by atoms with van der Waals surface area (Å²) in [7, 11) is 0. The lowest BCUT2D eigenvalue weighted by atomic mass is 9.88. The van der Waals surface area contributed by atoms with E-state index in [0.717, 1.165) is 51.1 Å². The van der Waals surface area contributed by atoms with Gasteiger partial charge in [0.2, 0.25) is 17.7 Å². The summed E-state index contributed by atoms with van der Waals surface area (Å²) in [6, 6.07) is 0.450. The zero-order valence-electron chi connectivity index (χ0n) is 16.5. The van der Waals surface area contributed by atoms with Gasteiger partial charge in [-0.2, -0.15) is 0 Å². The zero-order valence-corrected chi connectivity index (χ0v) is 16.5. The van der Waals surface area contributed by atoms with E-state index in [9.17, 15) is 4.79 Å². The number of nitrogens with one attached hydrogen (secondary N) is 1. The molecule has 26 heavy (non-hydrogen) atoms. The van der Waals surface area contributed by atoms with E-state index < -0.39 is 0 Å². The van der Waals surface area contributed by atoms with Crippen molar-refractivity contribution in [2.24, 2.45) is 11.8 Å². The van der Waals surface area contributed by atoms with Crippen LogP contribution in [0.1, 0.15) is 83.5 Å². The van der Waals surface area contributed by atoms with Crippen LogP contribution in [0.25, 0.3) is 0 Å². The van der Waals surface area contributed by atoms with Crippen LogP contribution in [0.2, 0.25) is 0 Å². The Kier molecular flexibility index (Phi) is 6.68. The Hall–Kier alpha value is -1.43. The molecule has 1 aromatic heterocycles. The van der Waals surface area contributed by atoms with Crippen LogP contribution in [0.5, 0.6) is 0 Å². The number of carbonyl (C=O) groups excluding carboxylic acids is 1. The van der Waals surface area contributed by atoms with Gasteiger partial charge in [-0.3, -0.25) is 9.69 Å². The molecule has 0 bridgehead atoms. The monoisotopic (exact) mass is 362 g/mol. The van der Waals surface area contributed by atoms with Gasteiger partial charge in [-0.1, -0.05) is 33.1 Å². The van der Waals surface area contributed by atoms with E-state index in [2.05, 4.69) is 41.2 Å². The van der Waals surface area contributed by atoms with Crippen molar-refractivity contribution >= 4 is 5.91 Å². The maximum absolute atomic E-state index is 12.4. The quantitative estimate of drug-likeness (QED) is 0.839.